The van der Waals surface area contributed by atoms with Crippen molar-refractivity contribution >= 4 is 17.7 Å². The molecule has 0 aliphatic carbocycles. The van der Waals surface area contributed by atoms with E-state index in [-0.39, 0.29) is 12.1 Å². The molecular weight excluding hydrogens is 322 g/mol. The van der Waals surface area contributed by atoms with Gasteiger partial charge in [-0.1, -0.05) is 54.1 Å². The highest BCUT2D eigenvalue weighted by Crippen LogP contribution is 2.26. The number of hydrogen-bond acceptors (Lipinski definition) is 2. The van der Waals surface area contributed by atoms with E-state index < -0.39 is 5.60 Å². The molecule has 4 heteroatoms. The second-order valence-electron chi connectivity index (χ2n) is 6.82. The Hall–Kier alpha value is -2.00. The topological polar surface area (TPSA) is 29.5 Å². The molecule has 0 spiro atoms. The Bertz CT molecular complexity index is 680. The van der Waals surface area contributed by atoms with Crippen LogP contribution in [0, 0.1) is 0 Å². The van der Waals surface area contributed by atoms with Crippen LogP contribution in [0.15, 0.2) is 54.6 Å². The molecule has 0 aromatic heterocycles. The number of halogens is 1. The second-order valence-corrected chi connectivity index (χ2v) is 7.26. The minimum absolute atomic E-state index is 0.154. The van der Waals surface area contributed by atoms with E-state index in [1.807, 2.05) is 82.3 Å². The highest BCUT2D eigenvalue weighted by molar-refractivity contribution is 6.30. The van der Waals surface area contributed by atoms with Crippen molar-refractivity contribution in [3.8, 4) is 0 Å². The van der Waals surface area contributed by atoms with E-state index in [1.54, 1.807) is 4.90 Å². The summed E-state index contributed by atoms with van der Waals surface area (Å²) in [4.78, 5) is 14.5. The number of benzene rings is 2. The number of ether oxygens (including phenoxy) is 1. The Labute approximate surface area is 149 Å². The van der Waals surface area contributed by atoms with E-state index in [9.17, 15) is 4.79 Å². The largest absolute Gasteiger partial charge is 0.444 e. The average Bonchev–Trinajstić information content (AvgIpc) is 2.51. The minimum Gasteiger partial charge on any atom is -0.444 e. The number of carbonyl (C=O) groups excluding carboxylic acids is 1. The van der Waals surface area contributed by atoms with Gasteiger partial charge in [0, 0.05) is 11.6 Å². The van der Waals surface area contributed by atoms with Crippen LogP contribution in [0.25, 0.3) is 0 Å². The SMILES string of the molecule is CC(c1cccc(Cl)c1)N(Cc1ccccc1)C(=O)OC(C)(C)C. The number of amides is 1. The van der Waals surface area contributed by atoms with Gasteiger partial charge < -0.3 is 4.74 Å². The molecule has 0 fully saturated rings. The maximum absolute atomic E-state index is 12.7. The van der Waals surface area contributed by atoms with Gasteiger partial charge in [0.2, 0.25) is 0 Å². The van der Waals surface area contributed by atoms with Crippen LogP contribution >= 0.6 is 11.6 Å². The minimum atomic E-state index is -0.542. The van der Waals surface area contributed by atoms with Crippen molar-refractivity contribution in [2.75, 3.05) is 0 Å². The lowest BCUT2D eigenvalue weighted by atomic mass is 10.1. The van der Waals surface area contributed by atoms with Crippen molar-refractivity contribution < 1.29 is 9.53 Å². The molecule has 0 bridgehead atoms. The molecule has 1 amide bonds. The Morgan fingerprint density at radius 3 is 2.38 bits per heavy atom. The van der Waals surface area contributed by atoms with Crippen LogP contribution < -0.4 is 0 Å². The molecule has 0 aliphatic heterocycles. The van der Waals surface area contributed by atoms with Crippen molar-refractivity contribution in [3.63, 3.8) is 0 Å². The fourth-order valence-corrected chi connectivity index (χ4v) is 2.61. The summed E-state index contributed by atoms with van der Waals surface area (Å²) in [7, 11) is 0. The predicted octanol–water partition coefficient (Wildman–Crippen LogP) is 5.84. The molecule has 0 aliphatic rings. The third-order valence-corrected chi connectivity index (χ3v) is 3.86. The molecule has 2 rings (SSSR count). The van der Waals surface area contributed by atoms with Gasteiger partial charge >= 0.3 is 6.09 Å². The molecule has 1 atom stereocenters. The van der Waals surface area contributed by atoms with Crippen LogP contribution in [0.1, 0.15) is 44.9 Å². The first-order chi connectivity index (χ1) is 11.3. The van der Waals surface area contributed by atoms with Gasteiger partial charge in [-0.3, -0.25) is 4.90 Å². The van der Waals surface area contributed by atoms with Crippen LogP contribution in [0.4, 0.5) is 4.79 Å². The van der Waals surface area contributed by atoms with Gasteiger partial charge in [-0.2, -0.15) is 0 Å². The van der Waals surface area contributed by atoms with E-state index in [1.165, 1.54) is 0 Å². The molecule has 1 unspecified atom stereocenters. The lowest BCUT2D eigenvalue weighted by Gasteiger charge is -2.32. The van der Waals surface area contributed by atoms with Gasteiger partial charge in [0.15, 0.2) is 0 Å². The average molecular weight is 346 g/mol. The summed E-state index contributed by atoms with van der Waals surface area (Å²) in [5, 5.41) is 0.656. The zero-order valence-corrected chi connectivity index (χ0v) is 15.4. The summed E-state index contributed by atoms with van der Waals surface area (Å²) < 4.78 is 5.60. The molecule has 0 saturated heterocycles. The molecule has 128 valence electrons. The molecule has 2 aromatic rings. The van der Waals surface area contributed by atoms with Crippen LogP contribution in [0.5, 0.6) is 0 Å². The first kappa shape index (κ1) is 18.3. The van der Waals surface area contributed by atoms with Crippen molar-refractivity contribution in [2.24, 2.45) is 0 Å². The number of carbonyl (C=O) groups is 1. The highest BCUT2D eigenvalue weighted by Gasteiger charge is 2.27. The lowest BCUT2D eigenvalue weighted by molar-refractivity contribution is 0.0153. The maximum Gasteiger partial charge on any atom is 0.411 e. The molecular formula is C20H24ClNO2. The molecule has 0 N–H and O–H groups in total. The first-order valence-corrected chi connectivity index (χ1v) is 8.43. The van der Waals surface area contributed by atoms with Gasteiger partial charge in [-0.05, 0) is 51.0 Å². The first-order valence-electron chi connectivity index (χ1n) is 8.05. The predicted molar refractivity (Wildman–Crippen MR) is 98.1 cm³/mol. The number of hydrogen-bond donors (Lipinski definition) is 0. The van der Waals surface area contributed by atoms with Crippen LogP contribution in [-0.2, 0) is 11.3 Å². The summed E-state index contributed by atoms with van der Waals surface area (Å²) in [5.74, 6) is 0. The van der Waals surface area contributed by atoms with Gasteiger partial charge in [-0.15, -0.1) is 0 Å². The highest BCUT2D eigenvalue weighted by atomic mass is 35.5. The number of rotatable bonds is 4. The van der Waals surface area contributed by atoms with Gasteiger partial charge in [-0.25, -0.2) is 4.79 Å². The second kappa shape index (κ2) is 7.71. The monoisotopic (exact) mass is 345 g/mol. The molecule has 0 heterocycles. The van der Waals surface area contributed by atoms with Crippen molar-refractivity contribution in [2.45, 2.75) is 45.9 Å². The zero-order chi connectivity index (χ0) is 17.7. The van der Waals surface area contributed by atoms with Gasteiger partial charge in [0.25, 0.3) is 0 Å². The molecule has 2 aromatic carbocycles. The summed E-state index contributed by atoms with van der Waals surface area (Å²) in [6.07, 6.45) is -0.334. The third-order valence-electron chi connectivity index (χ3n) is 3.62. The molecule has 0 saturated carbocycles. The summed E-state index contributed by atoms with van der Waals surface area (Å²) in [6, 6.07) is 17.3. The van der Waals surface area contributed by atoms with Crippen LogP contribution in [0.3, 0.4) is 0 Å². The Morgan fingerprint density at radius 1 is 1.12 bits per heavy atom. The Morgan fingerprint density at radius 2 is 1.79 bits per heavy atom. The molecule has 3 nitrogen and oxygen atoms in total. The summed E-state index contributed by atoms with van der Waals surface area (Å²) in [6.45, 7) is 8.07. The van der Waals surface area contributed by atoms with Crippen molar-refractivity contribution in [1.29, 1.82) is 0 Å². The molecule has 0 radical (unpaired) electrons. The summed E-state index contributed by atoms with van der Waals surface area (Å²) >= 11 is 6.11. The van der Waals surface area contributed by atoms with Gasteiger partial charge in [0.1, 0.15) is 5.60 Å². The third kappa shape index (κ3) is 5.27. The lowest BCUT2D eigenvalue weighted by Crippen LogP contribution is -2.38. The van der Waals surface area contributed by atoms with Crippen molar-refractivity contribution in [3.05, 3.63) is 70.7 Å². The van der Waals surface area contributed by atoms with Crippen LogP contribution in [0.2, 0.25) is 5.02 Å². The van der Waals surface area contributed by atoms with E-state index in [0.29, 0.717) is 11.6 Å². The van der Waals surface area contributed by atoms with E-state index >= 15 is 0 Å². The standard InChI is InChI=1S/C20H24ClNO2/c1-15(17-11-8-12-18(21)13-17)22(19(23)24-20(2,3)4)14-16-9-6-5-7-10-16/h5-13,15H,14H2,1-4H3. The molecule has 24 heavy (non-hydrogen) atoms. The maximum atomic E-state index is 12.7. The summed E-state index contributed by atoms with van der Waals surface area (Å²) in [5.41, 5.74) is 1.49. The fourth-order valence-electron chi connectivity index (χ4n) is 2.41. The van der Waals surface area contributed by atoms with Crippen LogP contribution in [-0.4, -0.2) is 16.6 Å². The fraction of sp³-hybridized carbons (Fsp3) is 0.350. The normalized spacial score (nSPS) is 12.5. The number of nitrogens with zero attached hydrogens (tertiary/aromatic N) is 1. The zero-order valence-electron chi connectivity index (χ0n) is 14.6. The van der Waals surface area contributed by atoms with Crippen molar-refractivity contribution in [1.82, 2.24) is 4.90 Å². The van der Waals surface area contributed by atoms with E-state index in [2.05, 4.69) is 0 Å². The van der Waals surface area contributed by atoms with E-state index in [0.717, 1.165) is 11.1 Å². The Balaban J connectivity index is 2.29. The van der Waals surface area contributed by atoms with Gasteiger partial charge in [0.05, 0.1) is 6.04 Å². The van der Waals surface area contributed by atoms with E-state index in [4.69, 9.17) is 16.3 Å². The quantitative estimate of drug-likeness (QED) is 0.696. The smallest absolute Gasteiger partial charge is 0.411 e. The Kier molecular flexibility index (Phi) is 5.89.